The van der Waals surface area contributed by atoms with Gasteiger partial charge >= 0.3 is 5.92 Å². The Labute approximate surface area is 177 Å². The second-order valence-corrected chi connectivity index (χ2v) is 8.62. The molecule has 3 aliphatic rings. The zero-order valence-corrected chi connectivity index (χ0v) is 17.1. The van der Waals surface area contributed by atoms with Crippen molar-refractivity contribution in [3.63, 3.8) is 0 Å². The van der Waals surface area contributed by atoms with E-state index in [1.54, 1.807) is 12.3 Å². The number of aromatic nitrogens is 3. The van der Waals surface area contributed by atoms with Crippen LogP contribution in [0, 0.1) is 11.3 Å². The normalized spacial score (nSPS) is 19.5. The summed E-state index contributed by atoms with van der Waals surface area (Å²) in [7, 11) is 0. The molecule has 2 aromatic rings. The molecule has 1 aliphatic heterocycles. The molecule has 2 saturated carbocycles. The minimum Gasteiger partial charge on any atom is -0.455 e. The molecule has 0 atom stereocenters. The highest BCUT2D eigenvalue weighted by Gasteiger charge is 2.53. The molecule has 160 valence electrons. The average Bonchev–Trinajstić information content (AvgIpc) is 3.60. The molecule has 2 aliphatic carbocycles. The fourth-order valence-electron chi connectivity index (χ4n) is 3.93. The van der Waals surface area contributed by atoms with E-state index in [1.807, 2.05) is 4.90 Å². The summed E-state index contributed by atoms with van der Waals surface area (Å²) in [5, 5.41) is 12.0. The van der Waals surface area contributed by atoms with Crippen LogP contribution >= 0.6 is 0 Å². The van der Waals surface area contributed by atoms with Gasteiger partial charge in [0.15, 0.2) is 5.60 Å². The molecule has 0 aromatic carbocycles. The summed E-state index contributed by atoms with van der Waals surface area (Å²) in [6.45, 7) is 2.68. The number of ether oxygens (including phenoxy) is 1. The Bertz CT molecular complexity index is 1130. The Hall–Kier alpha value is -3.35. The van der Waals surface area contributed by atoms with Crippen molar-refractivity contribution >= 4 is 23.2 Å². The zero-order chi connectivity index (χ0) is 22.0. The summed E-state index contributed by atoms with van der Waals surface area (Å²) in [4.78, 5) is 25.6. The first-order valence-electron chi connectivity index (χ1n) is 10.1. The van der Waals surface area contributed by atoms with Crippen molar-refractivity contribution in [1.82, 2.24) is 15.0 Å². The summed E-state index contributed by atoms with van der Waals surface area (Å²) in [5.74, 6) is -3.60. The van der Waals surface area contributed by atoms with Gasteiger partial charge in [-0.2, -0.15) is 19.0 Å². The number of hydrogen-bond donors (Lipinski definition) is 1. The second kappa shape index (κ2) is 6.33. The Morgan fingerprint density at radius 1 is 1.29 bits per heavy atom. The van der Waals surface area contributed by atoms with Crippen molar-refractivity contribution in [1.29, 1.82) is 5.26 Å². The maximum absolute atomic E-state index is 14.2. The molecule has 10 heteroatoms. The molecular formula is C21H20F2N6O2. The summed E-state index contributed by atoms with van der Waals surface area (Å²) in [6.07, 6.45) is 4.71. The van der Waals surface area contributed by atoms with Gasteiger partial charge in [-0.15, -0.1) is 0 Å². The number of alkyl halides is 2. The van der Waals surface area contributed by atoms with Crippen LogP contribution in [-0.4, -0.2) is 33.0 Å². The van der Waals surface area contributed by atoms with E-state index in [-0.39, 0.29) is 23.0 Å². The molecule has 31 heavy (non-hydrogen) atoms. The van der Waals surface area contributed by atoms with Gasteiger partial charge in [0.2, 0.25) is 17.6 Å². The van der Waals surface area contributed by atoms with Crippen molar-refractivity contribution in [3.8, 4) is 11.9 Å². The number of fused-ring (bicyclic) bond motifs is 2. The van der Waals surface area contributed by atoms with Crippen LogP contribution in [0.15, 0.2) is 18.3 Å². The van der Waals surface area contributed by atoms with E-state index in [4.69, 9.17) is 4.74 Å². The summed E-state index contributed by atoms with van der Waals surface area (Å²) in [5.41, 5.74) is 0.660. The second-order valence-electron chi connectivity index (χ2n) is 8.62. The number of hydrogen-bond acceptors (Lipinski definition) is 7. The predicted molar refractivity (Wildman–Crippen MR) is 106 cm³/mol. The van der Waals surface area contributed by atoms with Gasteiger partial charge in [-0.3, -0.25) is 4.79 Å². The lowest BCUT2D eigenvalue weighted by molar-refractivity contribution is -0.114. The summed E-state index contributed by atoms with van der Waals surface area (Å²) >= 11 is 0. The highest BCUT2D eigenvalue weighted by molar-refractivity contribution is 5.89. The Balaban J connectivity index is 1.59. The first-order chi connectivity index (χ1) is 14.6. The predicted octanol–water partition coefficient (Wildman–Crippen LogP) is 3.56. The first-order valence-corrected chi connectivity index (χ1v) is 10.1. The number of carbonyl (C=O) groups excluding carboxylic acids is 1. The molecule has 0 radical (unpaired) electrons. The molecule has 8 nitrogen and oxygen atoms in total. The van der Waals surface area contributed by atoms with E-state index in [2.05, 4.69) is 26.3 Å². The lowest BCUT2D eigenvalue weighted by Crippen LogP contribution is -2.24. The summed E-state index contributed by atoms with van der Waals surface area (Å²) < 4.78 is 34.0. The number of anilines is 3. The van der Waals surface area contributed by atoms with Gasteiger partial charge in [0.25, 0.3) is 0 Å². The van der Waals surface area contributed by atoms with E-state index in [0.717, 1.165) is 31.0 Å². The van der Waals surface area contributed by atoms with E-state index in [1.165, 1.54) is 13.0 Å². The largest absolute Gasteiger partial charge is 0.455 e. The van der Waals surface area contributed by atoms with E-state index < -0.39 is 17.3 Å². The van der Waals surface area contributed by atoms with E-state index in [0.29, 0.717) is 25.2 Å². The monoisotopic (exact) mass is 426 g/mol. The Morgan fingerprint density at radius 2 is 2.03 bits per heavy atom. The molecule has 2 aromatic heterocycles. The minimum atomic E-state index is -3.28. The maximum Gasteiger partial charge on any atom is 0.304 e. The van der Waals surface area contributed by atoms with Gasteiger partial charge in [-0.05, 0) is 12.8 Å². The fourth-order valence-corrected chi connectivity index (χ4v) is 3.93. The molecule has 5 rings (SSSR count). The number of carbonyl (C=O) groups is 1. The number of nitrogens with zero attached hydrogens (tertiary/aromatic N) is 5. The topological polar surface area (TPSA) is 104 Å². The number of amides is 1. The van der Waals surface area contributed by atoms with Crippen LogP contribution in [-0.2, 0) is 16.1 Å². The average molecular weight is 426 g/mol. The van der Waals surface area contributed by atoms with Crippen molar-refractivity contribution in [2.45, 2.75) is 56.5 Å². The summed E-state index contributed by atoms with van der Waals surface area (Å²) in [6, 6.07) is 5.31. The van der Waals surface area contributed by atoms with Gasteiger partial charge in [-0.25, -0.2) is 9.97 Å². The van der Waals surface area contributed by atoms with E-state index >= 15 is 0 Å². The standard InChI is InChI=1S/C21H20F2N6O2/c1-12(30)26-15-7-14-13(9-25-15)20(3-4-20)11-29(14)16-8-17(31-21(10-24)5-6-21)28-18(27-16)19(2,22)23/h7-9H,3-6,11H2,1-2H3,(H,25,26,30). The van der Waals surface area contributed by atoms with Crippen LogP contribution in [0.3, 0.4) is 0 Å². The first kappa shape index (κ1) is 19.6. The number of halogens is 2. The third kappa shape index (κ3) is 3.44. The lowest BCUT2D eigenvalue weighted by atomic mass is 10.0. The van der Waals surface area contributed by atoms with Crippen LogP contribution in [0.5, 0.6) is 5.88 Å². The SMILES string of the molecule is CC(=O)Nc1cc2c(cn1)C1(CC1)CN2c1cc(OC2(C#N)CC2)nc(C(C)(F)F)n1. The third-order valence-electron chi connectivity index (χ3n) is 5.93. The van der Waals surface area contributed by atoms with Gasteiger partial charge in [-0.1, -0.05) is 0 Å². The van der Waals surface area contributed by atoms with Gasteiger partial charge in [0, 0.05) is 62.5 Å². The van der Waals surface area contributed by atoms with Crippen molar-refractivity contribution in [2.24, 2.45) is 0 Å². The number of rotatable bonds is 5. The number of pyridine rings is 1. The fraction of sp³-hybridized carbons (Fsp3) is 0.476. The lowest BCUT2D eigenvalue weighted by Gasteiger charge is -2.22. The highest BCUT2D eigenvalue weighted by atomic mass is 19.3. The van der Waals surface area contributed by atoms with Crippen LogP contribution in [0.2, 0.25) is 0 Å². The Morgan fingerprint density at radius 3 is 2.61 bits per heavy atom. The van der Waals surface area contributed by atoms with Crippen LogP contribution in [0.25, 0.3) is 0 Å². The molecule has 1 spiro atoms. The molecule has 1 N–H and O–H groups in total. The number of nitrogens with one attached hydrogen (secondary N) is 1. The van der Waals surface area contributed by atoms with Crippen molar-refractivity contribution < 1.29 is 18.3 Å². The van der Waals surface area contributed by atoms with Crippen LogP contribution in [0.4, 0.5) is 26.1 Å². The molecule has 0 unspecified atom stereocenters. The highest BCUT2D eigenvalue weighted by Crippen LogP contribution is 2.58. The molecule has 0 bridgehead atoms. The van der Waals surface area contributed by atoms with Crippen LogP contribution < -0.4 is 15.0 Å². The smallest absolute Gasteiger partial charge is 0.304 e. The maximum atomic E-state index is 14.2. The van der Waals surface area contributed by atoms with Gasteiger partial charge < -0.3 is 15.0 Å². The van der Waals surface area contributed by atoms with E-state index in [9.17, 15) is 18.8 Å². The van der Waals surface area contributed by atoms with Crippen LogP contribution in [0.1, 0.15) is 50.9 Å². The van der Waals surface area contributed by atoms with Gasteiger partial charge in [0.05, 0.1) is 5.69 Å². The minimum absolute atomic E-state index is 0.0463. The van der Waals surface area contributed by atoms with Crippen molar-refractivity contribution in [3.05, 3.63) is 29.7 Å². The molecular weight excluding hydrogens is 406 g/mol. The molecule has 3 heterocycles. The number of nitriles is 1. The Kier molecular flexibility index (Phi) is 4.00. The molecule has 0 saturated heterocycles. The van der Waals surface area contributed by atoms with Crippen molar-refractivity contribution in [2.75, 3.05) is 16.8 Å². The van der Waals surface area contributed by atoms with Gasteiger partial charge in [0.1, 0.15) is 17.7 Å². The third-order valence-corrected chi connectivity index (χ3v) is 5.93. The molecule has 2 fully saturated rings. The molecule has 1 amide bonds. The quantitative estimate of drug-likeness (QED) is 0.780. The zero-order valence-electron chi connectivity index (χ0n) is 17.1.